The molecule has 6 nitrogen and oxygen atoms in total. The van der Waals surface area contributed by atoms with Gasteiger partial charge in [0, 0.05) is 32.1 Å². The molecule has 0 saturated heterocycles. The lowest BCUT2D eigenvalue weighted by atomic mass is 10.1. The molecule has 112 valence electrons. The second kappa shape index (κ2) is 6.90. The van der Waals surface area contributed by atoms with E-state index in [1.807, 2.05) is 18.2 Å². The van der Waals surface area contributed by atoms with Gasteiger partial charge in [0.25, 0.3) is 5.69 Å². The first-order valence-electron chi connectivity index (χ1n) is 6.81. The molecule has 0 bridgehead atoms. The van der Waals surface area contributed by atoms with Crippen molar-refractivity contribution in [1.82, 2.24) is 5.32 Å². The van der Waals surface area contributed by atoms with E-state index in [9.17, 15) is 10.1 Å². The molecular formula is C15H19N3O3. The first kappa shape index (κ1) is 15.1. The molecule has 2 N–H and O–H groups in total. The number of nitro groups is 1. The van der Waals surface area contributed by atoms with Gasteiger partial charge in [-0.1, -0.05) is 6.07 Å². The third-order valence-corrected chi connectivity index (χ3v) is 3.27. The number of hydrogen-bond donors (Lipinski definition) is 2. The van der Waals surface area contributed by atoms with Crippen molar-refractivity contribution in [1.29, 1.82) is 0 Å². The monoisotopic (exact) mass is 289 g/mol. The number of hydrogen-bond acceptors (Lipinski definition) is 5. The van der Waals surface area contributed by atoms with Crippen LogP contribution in [0.1, 0.15) is 18.2 Å². The van der Waals surface area contributed by atoms with E-state index in [1.54, 1.807) is 25.4 Å². The summed E-state index contributed by atoms with van der Waals surface area (Å²) in [6, 6.07) is 9.22. The summed E-state index contributed by atoms with van der Waals surface area (Å²) >= 11 is 0. The number of furan rings is 1. The van der Waals surface area contributed by atoms with Gasteiger partial charge < -0.3 is 15.1 Å². The van der Waals surface area contributed by atoms with Crippen molar-refractivity contribution in [3.05, 3.63) is 58.0 Å². The number of nitrogens with zero attached hydrogens (tertiary/aromatic N) is 1. The van der Waals surface area contributed by atoms with Gasteiger partial charge >= 0.3 is 0 Å². The van der Waals surface area contributed by atoms with Gasteiger partial charge in [-0.05, 0) is 30.7 Å². The molecule has 1 aromatic heterocycles. The van der Waals surface area contributed by atoms with Gasteiger partial charge in [-0.15, -0.1) is 0 Å². The van der Waals surface area contributed by atoms with E-state index in [4.69, 9.17) is 4.42 Å². The van der Waals surface area contributed by atoms with Crippen LogP contribution in [-0.4, -0.2) is 18.0 Å². The molecule has 0 aliphatic heterocycles. The topological polar surface area (TPSA) is 80.3 Å². The first-order chi connectivity index (χ1) is 10.1. The molecule has 0 fully saturated rings. The van der Waals surface area contributed by atoms with Crippen LogP contribution in [0.2, 0.25) is 0 Å². The van der Waals surface area contributed by atoms with Crippen molar-refractivity contribution in [3.8, 4) is 0 Å². The average Bonchev–Trinajstić information content (AvgIpc) is 2.97. The summed E-state index contributed by atoms with van der Waals surface area (Å²) in [5.41, 5.74) is 1.50. The van der Waals surface area contributed by atoms with Crippen molar-refractivity contribution in [2.75, 3.05) is 12.4 Å². The minimum atomic E-state index is -0.373. The quantitative estimate of drug-likeness (QED) is 0.605. The summed E-state index contributed by atoms with van der Waals surface area (Å²) in [5.74, 6) is 0.923. The minimum absolute atomic E-state index is 0.0930. The highest BCUT2D eigenvalue weighted by molar-refractivity contribution is 5.62. The molecule has 0 spiro atoms. The van der Waals surface area contributed by atoms with Crippen molar-refractivity contribution < 1.29 is 9.34 Å². The van der Waals surface area contributed by atoms with Crippen LogP contribution in [0.4, 0.5) is 11.4 Å². The van der Waals surface area contributed by atoms with E-state index in [2.05, 4.69) is 17.6 Å². The largest absolute Gasteiger partial charge is 0.469 e. The predicted octanol–water partition coefficient (Wildman–Crippen LogP) is 2.95. The zero-order valence-electron chi connectivity index (χ0n) is 12.1. The molecule has 1 aromatic carbocycles. The van der Waals surface area contributed by atoms with Gasteiger partial charge in [-0.2, -0.15) is 0 Å². The Morgan fingerprint density at radius 2 is 2.19 bits per heavy atom. The molecule has 1 atom stereocenters. The summed E-state index contributed by atoms with van der Waals surface area (Å²) in [6.07, 6.45) is 2.44. The third kappa shape index (κ3) is 4.06. The van der Waals surface area contributed by atoms with Gasteiger partial charge in [-0.3, -0.25) is 10.1 Å². The molecule has 6 heteroatoms. The molecule has 2 rings (SSSR count). The van der Waals surface area contributed by atoms with Crippen LogP contribution in [0.5, 0.6) is 0 Å². The predicted molar refractivity (Wildman–Crippen MR) is 81.4 cm³/mol. The maximum absolute atomic E-state index is 11.0. The number of nitro benzene ring substituents is 1. The molecule has 0 radical (unpaired) electrons. The summed E-state index contributed by atoms with van der Waals surface area (Å²) in [6.45, 7) is 2.63. The maximum Gasteiger partial charge on any atom is 0.292 e. The zero-order valence-corrected chi connectivity index (χ0v) is 12.1. The third-order valence-electron chi connectivity index (χ3n) is 3.27. The van der Waals surface area contributed by atoms with Crippen molar-refractivity contribution in [2.24, 2.45) is 0 Å². The zero-order chi connectivity index (χ0) is 15.2. The molecule has 2 aromatic rings. The fraction of sp³-hybridized carbons (Fsp3) is 0.333. The Labute approximate surface area is 123 Å². The Kier molecular flexibility index (Phi) is 4.94. The van der Waals surface area contributed by atoms with E-state index < -0.39 is 0 Å². The first-order valence-corrected chi connectivity index (χ1v) is 6.81. The number of benzene rings is 1. The molecule has 0 saturated carbocycles. The summed E-state index contributed by atoms with van der Waals surface area (Å²) in [5, 5.41) is 17.2. The smallest absolute Gasteiger partial charge is 0.292 e. The van der Waals surface area contributed by atoms with Crippen LogP contribution in [0, 0.1) is 10.1 Å². The van der Waals surface area contributed by atoms with Crippen molar-refractivity contribution in [2.45, 2.75) is 25.9 Å². The molecule has 0 aliphatic rings. The van der Waals surface area contributed by atoms with Gasteiger partial charge in [0.2, 0.25) is 0 Å². The van der Waals surface area contributed by atoms with Crippen LogP contribution < -0.4 is 10.6 Å². The Morgan fingerprint density at radius 3 is 2.81 bits per heavy atom. The van der Waals surface area contributed by atoms with E-state index in [1.165, 1.54) is 0 Å². The Bertz CT molecular complexity index is 596. The average molecular weight is 289 g/mol. The fourth-order valence-electron chi connectivity index (χ4n) is 2.14. The van der Waals surface area contributed by atoms with Gasteiger partial charge in [0.05, 0.1) is 11.2 Å². The van der Waals surface area contributed by atoms with Gasteiger partial charge in [0.15, 0.2) is 0 Å². The summed E-state index contributed by atoms with van der Waals surface area (Å²) < 4.78 is 5.30. The highest BCUT2D eigenvalue weighted by Crippen LogP contribution is 2.25. The van der Waals surface area contributed by atoms with E-state index >= 15 is 0 Å². The number of rotatable bonds is 7. The van der Waals surface area contributed by atoms with Crippen molar-refractivity contribution in [3.63, 3.8) is 0 Å². The highest BCUT2D eigenvalue weighted by Gasteiger charge is 2.13. The lowest BCUT2D eigenvalue weighted by molar-refractivity contribution is -0.384. The fourth-order valence-corrected chi connectivity index (χ4v) is 2.14. The van der Waals surface area contributed by atoms with Crippen LogP contribution in [-0.2, 0) is 13.0 Å². The van der Waals surface area contributed by atoms with Gasteiger partial charge in [-0.25, -0.2) is 0 Å². The lowest BCUT2D eigenvalue weighted by Gasteiger charge is -2.13. The Hall–Kier alpha value is -2.34. The highest BCUT2D eigenvalue weighted by atomic mass is 16.6. The standard InChI is InChI=1S/C15H19N3O3/c1-11(8-13-4-3-7-21-13)17-10-12-5-6-14(16-2)15(9-12)18(19)20/h3-7,9,11,16-17H,8,10H2,1-2H3/t11-/m1/s1. The van der Waals surface area contributed by atoms with Crippen LogP contribution in [0.15, 0.2) is 41.0 Å². The van der Waals surface area contributed by atoms with Crippen LogP contribution in [0.3, 0.4) is 0 Å². The molecule has 0 amide bonds. The summed E-state index contributed by atoms with van der Waals surface area (Å²) in [7, 11) is 1.67. The van der Waals surface area contributed by atoms with Crippen LogP contribution in [0.25, 0.3) is 0 Å². The normalized spacial score (nSPS) is 12.1. The van der Waals surface area contributed by atoms with E-state index in [-0.39, 0.29) is 16.7 Å². The van der Waals surface area contributed by atoms with E-state index in [0.29, 0.717) is 12.2 Å². The van der Waals surface area contributed by atoms with E-state index in [0.717, 1.165) is 17.7 Å². The Morgan fingerprint density at radius 1 is 1.38 bits per heavy atom. The number of nitrogens with one attached hydrogen (secondary N) is 2. The summed E-state index contributed by atoms with van der Waals surface area (Å²) in [4.78, 5) is 10.6. The van der Waals surface area contributed by atoms with Crippen LogP contribution >= 0.6 is 0 Å². The Balaban J connectivity index is 1.96. The van der Waals surface area contributed by atoms with Gasteiger partial charge in [0.1, 0.15) is 11.4 Å². The minimum Gasteiger partial charge on any atom is -0.469 e. The maximum atomic E-state index is 11.0. The van der Waals surface area contributed by atoms with Crippen molar-refractivity contribution >= 4 is 11.4 Å². The molecule has 21 heavy (non-hydrogen) atoms. The second-order valence-corrected chi connectivity index (χ2v) is 4.92. The lowest BCUT2D eigenvalue weighted by Crippen LogP contribution is -2.27. The molecule has 0 unspecified atom stereocenters. The second-order valence-electron chi connectivity index (χ2n) is 4.92. The molecule has 1 heterocycles. The molecular weight excluding hydrogens is 270 g/mol. The molecule has 0 aliphatic carbocycles. The number of anilines is 1. The SMILES string of the molecule is CNc1ccc(CN[C@H](C)Cc2ccco2)cc1[N+](=O)[O-].